The lowest BCUT2D eigenvalue weighted by atomic mass is 9.80. The summed E-state index contributed by atoms with van der Waals surface area (Å²) in [4.78, 5) is 12.6. The van der Waals surface area contributed by atoms with Gasteiger partial charge in [0.2, 0.25) is 0 Å². The number of esters is 1. The monoisotopic (exact) mass is 370 g/mol. The van der Waals surface area contributed by atoms with Crippen molar-refractivity contribution in [3.8, 4) is 0 Å². The van der Waals surface area contributed by atoms with E-state index in [1.165, 1.54) is 5.57 Å². The molecule has 0 amide bonds. The highest BCUT2D eigenvalue weighted by Crippen LogP contribution is 2.50. The molecule has 1 aliphatic carbocycles. The molecule has 5 atom stereocenters. The van der Waals surface area contributed by atoms with Gasteiger partial charge in [-0.15, -0.1) is 0 Å². The molecule has 5 heteroatoms. The van der Waals surface area contributed by atoms with E-state index >= 15 is 0 Å². The Bertz CT molecular complexity index is 730. The molecule has 0 unspecified atom stereocenters. The Morgan fingerprint density at radius 1 is 1.30 bits per heavy atom. The molecule has 2 aliphatic heterocycles. The first kappa shape index (κ1) is 18.5. The van der Waals surface area contributed by atoms with Crippen molar-refractivity contribution in [2.24, 2.45) is 11.8 Å². The number of hydrogen-bond donors (Lipinski definition) is 2. The molecule has 0 radical (unpaired) electrons. The smallest absolute Gasteiger partial charge is 0.311 e. The average Bonchev–Trinajstić information content (AvgIpc) is 3.20. The molecule has 2 heterocycles. The predicted molar refractivity (Wildman–Crippen MR) is 105 cm³/mol. The summed E-state index contributed by atoms with van der Waals surface area (Å²) in [5.41, 5.74) is 8.93. The Morgan fingerprint density at radius 2 is 2.07 bits per heavy atom. The first-order valence-electron chi connectivity index (χ1n) is 10.1. The van der Waals surface area contributed by atoms with Crippen molar-refractivity contribution in [2.45, 2.75) is 63.9 Å². The maximum absolute atomic E-state index is 12.6. The molecule has 2 fully saturated rings. The van der Waals surface area contributed by atoms with Gasteiger partial charge in [0, 0.05) is 24.7 Å². The zero-order chi connectivity index (χ0) is 19.0. The van der Waals surface area contributed by atoms with Crippen LogP contribution in [0.2, 0.25) is 0 Å². The van der Waals surface area contributed by atoms with Crippen LogP contribution < -0.4 is 11.1 Å². The summed E-state index contributed by atoms with van der Waals surface area (Å²) >= 11 is 0. The molecule has 3 N–H and O–H groups in total. The second-order valence-electron chi connectivity index (χ2n) is 8.52. The fraction of sp³-hybridized carbons (Fsp3) is 0.591. The summed E-state index contributed by atoms with van der Waals surface area (Å²) in [5.74, 6) is 0.0303. The average molecular weight is 370 g/mol. The van der Waals surface area contributed by atoms with Crippen molar-refractivity contribution in [1.29, 1.82) is 0 Å². The first-order chi connectivity index (χ1) is 13.0. The summed E-state index contributed by atoms with van der Waals surface area (Å²) in [5, 5.41) is 3.44. The molecule has 146 valence electrons. The molecule has 0 saturated carbocycles. The van der Waals surface area contributed by atoms with Gasteiger partial charge in [0.05, 0.1) is 11.5 Å². The number of carbonyl (C=O) groups is 1. The largest absolute Gasteiger partial charge is 0.459 e. The quantitative estimate of drug-likeness (QED) is 0.368. The summed E-state index contributed by atoms with van der Waals surface area (Å²) in [6.45, 7) is 5.70. The third-order valence-electron chi connectivity index (χ3n) is 6.41. The lowest BCUT2D eigenvalue weighted by molar-refractivity contribution is -0.144. The lowest BCUT2D eigenvalue weighted by Gasteiger charge is -2.22. The van der Waals surface area contributed by atoms with Crippen molar-refractivity contribution in [3.05, 3.63) is 41.5 Å². The van der Waals surface area contributed by atoms with Crippen LogP contribution in [0, 0.1) is 11.8 Å². The van der Waals surface area contributed by atoms with Gasteiger partial charge in [0.25, 0.3) is 0 Å². The van der Waals surface area contributed by atoms with Crippen LogP contribution in [-0.2, 0) is 20.8 Å². The summed E-state index contributed by atoms with van der Waals surface area (Å²) < 4.78 is 11.9. The van der Waals surface area contributed by atoms with E-state index in [4.69, 9.17) is 15.2 Å². The lowest BCUT2D eigenvalue weighted by Crippen LogP contribution is -2.34. The fourth-order valence-corrected chi connectivity index (χ4v) is 4.58. The van der Waals surface area contributed by atoms with Crippen molar-refractivity contribution in [2.75, 3.05) is 12.3 Å². The van der Waals surface area contributed by atoms with Gasteiger partial charge >= 0.3 is 5.97 Å². The maximum atomic E-state index is 12.6. The van der Waals surface area contributed by atoms with E-state index in [1.807, 2.05) is 24.3 Å². The third-order valence-corrected chi connectivity index (χ3v) is 6.41. The molecule has 4 rings (SSSR count). The van der Waals surface area contributed by atoms with Gasteiger partial charge in [-0.25, -0.2) is 0 Å². The number of nitrogens with two attached hydrogens (primary N) is 1. The van der Waals surface area contributed by atoms with Crippen molar-refractivity contribution < 1.29 is 14.3 Å². The standard InChI is InChI=1S/C22H30N2O3/c1-14-4-3-11-22(2)20(27-22)19-17(10-5-14)18(21(25)26-19)13-24-12-15-6-8-16(23)9-7-15/h4,6-9,17-20,24H,3,5,10-13,23H2,1-2H3/b14-4+/t17-,18-,19-,20-,22+/m0/s1. The van der Waals surface area contributed by atoms with E-state index < -0.39 is 0 Å². The first-order valence-corrected chi connectivity index (χ1v) is 10.1. The van der Waals surface area contributed by atoms with Crippen molar-refractivity contribution in [1.82, 2.24) is 5.32 Å². The molecular weight excluding hydrogens is 340 g/mol. The summed E-state index contributed by atoms with van der Waals surface area (Å²) in [6, 6.07) is 7.83. The van der Waals surface area contributed by atoms with Crippen molar-refractivity contribution >= 4 is 11.7 Å². The number of anilines is 1. The third kappa shape index (κ3) is 3.90. The Hall–Kier alpha value is -1.85. The normalized spacial score (nSPS) is 37.6. The topological polar surface area (TPSA) is 76.9 Å². The second kappa shape index (κ2) is 7.28. The molecular formula is C22H30N2O3. The fourth-order valence-electron chi connectivity index (χ4n) is 4.58. The number of allylic oxidation sites excluding steroid dienone is 2. The van der Waals surface area contributed by atoms with Gasteiger partial charge in [-0.05, 0) is 57.2 Å². The molecule has 1 aromatic rings. The minimum Gasteiger partial charge on any atom is -0.459 e. The Balaban J connectivity index is 1.43. The molecule has 0 bridgehead atoms. The van der Waals surface area contributed by atoms with E-state index in [0.717, 1.165) is 43.5 Å². The van der Waals surface area contributed by atoms with E-state index in [2.05, 4.69) is 25.2 Å². The molecule has 3 aliphatic rings. The van der Waals surface area contributed by atoms with Crippen LogP contribution in [0.25, 0.3) is 0 Å². The van der Waals surface area contributed by atoms with Gasteiger partial charge in [-0.3, -0.25) is 4.79 Å². The van der Waals surface area contributed by atoms with E-state index in [1.54, 1.807) is 0 Å². The minimum atomic E-state index is -0.135. The zero-order valence-electron chi connectivity index (χ0n) is 16.2. The second-order valence-corrected chi connectivity index (χ2v) is 8.52. The number of benzene rings is 1. The predicted octanol–water partition coefficient (Wildman–Crippen LogP) is 3.19. The van der Waals surface area contributed by atoms with Crippen LogP contribution in [0.5, 0.6) is 0 Å². The van der Waals surface area contributed by atoms with Crippen molar-refractivity contribution in [3.63, 3.8) is 0 Å². The van der Waals surface area contributed by atoms with Crippen LogP contribution in [0.4, 0.5) is 5.69 Å². The van der Waals surface area contributed by atoms with Crippen LogP contribution in [0.15, 0.2) is 35.9 Å². The van der Waals surface area contributed by atoms with Crippen LogP contribution >= 0.6 is 0 Å². The number of rotatable bonds is 4. The molecule has 1 aromatic carbocycles. The molecule has 27 heavy (non-hydrogen) atoms. The maximum Gasteiger partial charge on any atom is 0.311 e. The highest BCUT2D eigenvalue weighted by molar-refractivity contribution is 5.75. The Morgan fingerprint density at radius 3 is 2.85 bits per heavy atom. The van der Waals surface area contributed by atoms with E-state index in [9.17, 15) is 4.79 Å². The Labute approximate surface area is 161 Å². The number of epoxide rings is 1. The SMILES string of the molecule is C/C1=C\CC[C@@]2(C)O[C@H]2[C@H]2OC(=O)[C@@H](CNCc3ccc(N)cc3)[C@@H]2CC1. The molecule has 5 nitrogen and oxygen atoms in total. The molecule has 0 aromatic heterocycles. The highest BCUT2D eigenvalue weighted by Gasteiger charge is 2.62. The zero-order valence-corrected chi connectivity index (χ0v) is 16.2. The number of hydrogen-bond acceptors (Lipinski definition) is 5. The van der Waals surface area contributed by atoms with Gasteiger partial charge in [-0.1, -0.05) is 23.8 Å². The van der Waals surface area contributed by atoms with Gasteiger partial charge in [0.15, 0.2) is 0 Å². The van der Waals surface area contributed by atoms with Gasteiger partial charge < -0.3 is 20.5 Å². The summed E-state index contributed by atoms with van der Waals surface area (Å²) in [7, 11) is 0. The van der Waals surface area contributed by atoms with E-state index in [0.29, 0.717) is 6.54 Å². The van der Waals surface area contributed by atoms with Crippen LogP contribution in [0.1, 0.15) is 45.1 Å². The number of carbonyl (C=O) groups excluding carboxylic acids is 1. The van der Waals surface area contributed by atoms with Crippen LogP contribution in [-0.4, -0.2) is 30.3 Å². The number of nitrogen functional groups attached to an aromatic ring is 1. The molecule has 0 spiro atoms. The van der Waals surface area contributed by atoms with Crippen LogP contribution in [0.3, 0.4) is 0 Å². The van der Waals surface area contributed by atoms with E-state index in [-0.39, 0.29) is 35.6 Å². The molecule has 2 saturated heterocycles. The summed E-state index contributed by atoms with van der Waals surface area (Å²) in [6.07, 6.45) is 6.32. The number of ether oxygens (including phenoxy) is 2. The number of nitrogens with one attached hydrogen (secondary N) is 1. The number of fused-ring (bicyclic) bond motifs is 3. The van der Waals surface area contributed by atoms with Gasteiger partial charge in [0.1, 0.15) is 12.2 Å². The minimum absolute atomic E-state index is 0.0559. The van der Waals surface area contributed by atoms with Gasteiger partial charge in [-0.2, -0.15) is 0 Å². The highest BCUT2D eigenvalue weighted by atomic mass is 16.6. The Kier molecular flexibility index (Phi) is 4.99.